The van der Waals surface area contributed by atoms with Gasteiger partial charge in [-0.25, -0.2) is 0 Å². The van der Waals surface area contributed by atoms with E-state index in [9.17, 15) is 9.59 Å². The van der Waals surface area contributed by atoms with Gasteiger partial charge in [-0.05, 0) is 50.2 Å². The fraction of sp³-hybridized carbons (Fsp3) is 0.438. The smallest absolute Gasteiger partial charge is 0.262 e. The van der Waals surface area contributed by atoms with E-state index in [2.05, 4.69) is 10.3 Å². The number of nitrogens with zero attached hydrogens (tertiary/aromatic N) is 1. The lowest BCUT2D eigenvalue weighted by Gasteiger charge is -2.12. The summed E-state index contributed by atoms with van der Waals surface area (Å²) >= 11 is 5.24. The summed E-state index contributed by atoms with van der Waals surface area (Å²) < 4.78 is 1.94. The Balaban J connectivity index is 2.48. The van der Waals surface area contributed by atoms with Gasteiger partial charge in [-0.15, -0.1) is 0 Å². The van der Waals surface area contributed by atoms with Gasteiger partial charge in [0.1, 0.15) is 0 Å². The van der Waals surface area contributed by atoms with E-state index in [0.717, 1.165) is 12.8 Å². The Bertz CT molecular complexity index is 807. The number of hydrogen-bond acceptors (Lipinski definition) is 3. The number of rotatable bonds is 5. The first-order chi connectivity index (χ1) is 10.5. The van der Waals surface area contributed by atoms with Gasteiger partial charge in [0.2, 0.25) is 0 Å². The Morgan fingerprint density at radius 1 is 1.41 bits per heavy atom. The molecule has 0 unspecified atom stereocenters. The van der Waals surface area contributed by atoms with Crippen LogP contribution in [0.25, 0.3) is 10.9 Å². The molecule has 0 saturated carbocycles. The van der Waals surface area contributed by atoms with E-state index in [1.165, 1.54) is 0 Å². The fourth-order valence-corrected chi connectivity index (χ4v) is 2.52. The summed E-state index contributed by atoms with van der Waals surface area (Å²) in [4.78, 5) is 27.6. The Labute approximate surface area is 134 Å². The third-order valence-electron chi connectivity index (χ3n) is 3.68. The van der Waals surface area contributed by atoms with E-state index in [1.807, 2.05) is 20.8 Å². The number of hydrogen-bond donors (Lipinski definition) is 2. The molecular weight excluding hydrogens is 298 g/mol. The van der Waals surface area contributed by atoms with E-state index in [4.69, 9.17) is 12.2 Å². The normalized spacial score (nSPS) is 12.3. The topological polar surface area (TPSA) is 66.9 Å². The van der Waals surface area contributed by atoms with Crippen LogP contribution in [0.2, 0.25) is 0 Å². The lowest BCUT2D eigenvalue weighted by atomic mass is 10.1. The molecule has 5 nitrogen and oxygen atoms in total. The number of H-pyrrole nitrogens is 1. The molecule has 1 heterocycles. The predicted octanol–water partition coefficient (Wildman–Crippen LogP) is 3.00. The van der Waals surface area contributed by atoms with Gasteiger partial charge < -0.3 is 10.3 Å². The van der Waals surface area contributed by atoms with Crippen LogP contribution in [0.3, 0.4) is 0 Å². The molecular formula is C16H21N3O2S. The number of carbonyl (C=O) groups excluding carboxylic acids is 1. The van der Waals surface area contributed by atoms with Crippen molar-refractivity contribution < 1.29 is 4.79 Å². The number of benzene rings is 1. The van der Waals surface area contributed by atoms with Gasteiger partial charge in [0, 0.05) is 18.2 Å². The molecule has 0 aliphatic heterocycles. The minimum Gasteiger partial charge on any atom is -0.350 e. The van der Waals surface area contributed by atoms with Gasteiger partial charge in [0.15, 0.2) is 4.77 Å². The molecule has 118 valence electrons. The number of aromatic amines is 1. The Hall–Kier alpha value is -1.95. The zero-order valence-electron chi connectivity index (χ0n) is 13.1. The summed E-state index contributed by atoms with van der Waals surface area (Å²) in [5.74, 6) is -0.145. The predicted molar refractivity (Wildman–Crippen MR) is 90.9 cm³/mol. The maximum Gasteiger partial charge on any atom is 0.262 e. The molecule has 0 fully saturated rings. The summed E-state index contributed by atoms with van der Waals surface area (Å²) in [6, 6.07) is 5.15. The first-order valence-corrected chi connectivity index (χ1v) is 7.96. The lowest BCUT2D eigenvalue weighted by Crippen LogP contribution is -2.32. The summed E-state index contributed by atoms with van der Waals surface area (Å²) in [6.45, 7) is 6.54. The van der Waals surface area contributed by atoms with Crippen molar-refractivity contribution in [2.75, 3.05) is 0 Å². The van der Waals surface area contributed by atoms with E-state index in [1.54, 1.807) is 22.8 Å². The Kier molecular flexibility index (Phi) is 5.13. The molecule has 0 radical (unpaired) electrons. The van der Waals surface area contributed by atoms with Gasteiger partial charge in [0.05, 0.1) is 10.9 Å². The van der Waals surface area contributed by atoms with Crippen molar-refractivity contribution in [1.29, 1.82) is 0 Å². The van der Waals surface area contributed by atoms with Gasteiger partial charge in [-0.1, -0.05) is 13.8 Å². The number of amides is 1. The highest BCUT2D eigenvalue weighted by atomic mass is 32.1. The molecule has 2 N–H and O–H groups in total. The van der Waals surface area contributed by atoms with Crippen LogP contribution in [0.5, 0.6) is 0 Å². The zero-order chi connectivity index (χ0) is 16.3. The molecule has 0 saturated heterocycles. The SMILES string of the molecule is CCCn1c(=S)[nH]c2cc(C(=O)N[C@H](C)CC)ccc2c1=O. The van der Waals surface area contributed by atoms with Crippen LogP contribution >= 0.6 is 12.2 Å². The van der Waals surface area contributed by atoms with E-state index in [-0.39, 0.29) is 17.5 Å². The molecule has 6 heteroatoms. The maximum atomic E-state index is 12.4. The summed E-state index contributed by atoms with van der Waals surface area (Å²) in [6.07, 6.45) is 1.70. The van der Waals surface area contributed by atoms with E-state index >= 15 is 0 Å². The molecule has 2 aromatic rings. The van der Waals surface area contributed by atoms with Crippen LogP contribution < -0.4 is 10.9 Å². The third kappa shape index (κ3) is 3.27. The molecule has 1 amide bonds. The average molecular weight is 319 g/mol. The van der Waals surface area contributed by atoms with E-state index in [0.29, 0.717) is 27.8 Å². The Morgan fingerprint density at radius 3 is 2.77 bits per heavy atom. The minimum absolute atomic E-state index is 0.110. The Morgan fingerprint density at radius 2 is 2.14 bits per heavy atom. The second-order valence-electron chi connectivity index (χ2n) is 5.43. The zero-order valence-corrected chi connectivity index (χ0v) is 13.9. The summed E-state index contributed by atoms with van der Waals surface area (Å²) in [5, 5.41) is 3.45. The molecule has 22 heavy (non-hydrogen) atoms. The van der Waals surface area contributed by atoms with Gasteiger partial charge in [0.25, 0.3) is 11.5 Å². The van der Waals surface area contributed by atoms with Gasteiger partial charge in [-0.2, -0.15) is 0 Å². The number of nitrogens with one attached hydrogen (secondary N) is 2. The number of aromatic nitrogens is 2. The average Bonchev–Trinajstić information content (AvgIpc) is 2.50. The largest absolute Gasteiger partial charge is 0.350 e. The van der Waals surface area contributed by atoms with Crippen molar-refractivity contribution in [3.8, 4) is 0 Å². The number of carbonyl (C=O) groups is 1. The monoisotopic (exact) mass is 319 g/mol. The molecule has 0 aliphatic carbocycles. The van der Waals surface area contributed by atoms with Crippen molar-refractivity contribution in [3.05, 3.63) is 38.9 Å². The second kappa shape index (κ2) is 6.87. The molecule has 1 aromatic carbocycles. The van der Waals surface area contributed by atoms with Crippen LogP contribution in [0.4, 0.5) is 0 Å². The van der Waals surface area contributed by atoms with Gasteiger partial charge >= 0.3 is 0 Å². The fourth-order valence-electron chi connectivity index (χ4n) is 2.23. The van der Waals surface area contributed by atoms with Crippen molar-refractivity contribution in [3.63, 3.8) is 0 Å². The molecule has 0 spiro atoms. The second-order valence-corrected chi connectivity index (χ2v) is 5.82. The van der Waals surface area contributed by atoms with Crippen LogP contribution in [-0.4, -0.2) is 21.5 Å². The van der Waals surface area contributed by atoms with Gasteiger partial charge in [-0.3, -0.25) is 14.2 Å². The van der Waals surface area contributed by atoms with Crippen molar-refractivity contribution in [1.82, 2.24) is 14.9 Å². The standard InChI is InChI=1S/C16H21N3O2S/c1-4-8-19-15(21)12-7-6-11(9-13(12)18-16(19)22)14(20)17-10(3)5-2/h6-7,9-10H,4-5,8H2,1-3H3,(H,17,20)(H,18,22)/t10-/m1/s1. The lowest BCUT2D eigenvalue weighted by molar-refractivity contribution is 0.0939. The van der Waals surface area contributed by atoms with Crippen molar-refractivity contribution >= 4 is 29.0 Å². The van der Waals surface area contributed by atoms with Crippen LogP contribution in [0, 0.1) is 4.77 Å². The summed E-state index contributed by atoms with van der Waals surface area (Å²) in [5.41, 5.74) is 1.000. The summed E-state index contributed by atoms with van der Waals surface area (Å²) in [7, 11) is 0. The first kappa shape index (κ1) is 16.4. The highest BCUT2D eigenvalue weighted by molar-refractivity contribution is 7.71. The van der Waals surface area contributed by atoms with Crippen LogP contribution in [0.1, 0.15) is 44.0 Å². The third-order valence-corrected chi connectivity index (χ3v) is 4.00. The highest BCUT2D eigenvalue weighted by Crippen LogP contribution is 2.11. The van der Waals surface area contributed by atoms with Crippen LogP contribution in [-0.2, 0) is 6.54 Å². The quantitative estimate of drug-likeness (QED) is 0.833. The van der Waals surface area contributed by atoms with E-state index < -0.39 is 0 Å². The molecule has 2 rings (SSSR count). The minimum atomic E-state index is -0.145. The first-order valence-electron chi connectivity index (χ1n) is 7.55. The molecule has 0 aliphatic rings. The highest BCUT2D eigenvalue weighted by Gasteiger charge is 2.11. The molecule has 1 atom stereocenters. The molecule has 1 aromatic heterocycles. The maximum absolute atomic E-state index is 12.4. The molecule has 0 bridgehead atoms. The van der Waals surface area contributed by atoms with Crippen molar-refractivity contribution in [2.24, 2.45) is 0 Å². The number of fused-ring (bicyclic) bond motifs is 1. The van der Waals surface area contributed by atoms with Crippen molar-refractivity contribution in [2.45, 2.75) is 46.2 Å². The van der Waals surface area contributed by atoms with Crippen LogP contribution in [0.15, 0.2) is 23.0 Å².